The topological polar surface area (TPSA) is 68.6 Å². The molecule has 0 radical (unpaired) electrons. The second-order valence-corrected chi connectivity index (χ2v) is 10.9. The molecule has 0 saturated heterocycles. The van der Waals surface area contributed by atoms with Crippen molar-refractivity contribution < 1.29 is 4.79 Å². The molecule has 0 aromatic carbocycles. The average molecular weight is 365 g/mol. The van der Waals surface area contributed by atoms with E-state index >= 15 is 0 Å². The monoisotopic (exact) mass is 364 g/mol. The summed E-state index contributed by atoms with van der Waals surface area (Å²) in [7, 11) is 0. The molecule has 1 aliphatic heterocycles. The maximum Gasteiger partial charge on any atom is 0.229 e. The number of hydrazone groups is 1. The number of nitrogens with zero attached hydrogens (tertiary/aromatic N) is 2. The van der Waals surface area contributed by atoms with E-state index in [9.17, 15) is 4.79 Å². The van der Waals surface area contributed by atoms with Crippen molar-refractivity contribution in [3.63, 3.8) is 0 Å². The van der Waals surface area contributed by atoms with E-state index in [1.54, 1.807) is 6.92 Å². The zero-order valence-electron chi connectivity index (χ0n) is 18.7. The van der Waals surface area contributed by atoms with Crippen LogP contribution < -0.4 is 5.32 Å². The molecule has 5 heteroatoms. The van der Waals surface area contributed by atoms with Crippen molar-refractivity contribution in [2.24, 2.45) is 28.3 Å². The van der Waals surface area contributed by atoms with Gasteiger partial charge in [0.2, 0.25) is 5.91 Å². The van der Waals surface area contributed by atoms with Crippen LogP contribution in [0, 0.1) is 28.6 Å². The smallest absolute Gasteiger partial charge is 0.229 e. The van der Waals surface area contributed by atoms with Gasteiger partial charge in [-0.3, -0.25) is 9.80 Å². The van der Waals surface area contributed by atoms with Crippen molar-refractivity contribution >= 4 is 17.3 Å². The normalized spacial score (nSPS) is 21.3. The van der Waals surface area contributed by atoms with Crippen LogP contribution in [0.4, 0.5) is 0 Å². The summed E-state index contributed by atoms with van der Waals surface area (Å²) in [6, 6.07) is 0. The van der Waals surface area contributed by atoms with E-state index < -0.39 is 5.92 Å². The van der Waals surface area contributed by atoms with Gasteiger partial charge in [-0.2, -0.15) is 5.10 Å². The molecular weight excluding hydrogens is 324 g/mol. The second-order valence-electron chi connectivity index (χ2n) is 10.9. The first-order valence-electron chi connectivity index (χ1n) is 9.65. The molecule has 1 aliphatic rings. The van der Waals surface area contributed by atoms with Gasteiger partial charge >= 0.3 is 0 Å². The van der Waals surface area contributed by atoms with Crippen LogP contribution in [0.15, 0.2) is 5.10 Å². The lowest BCUT2D eigenvalue weighted by Gasteiger charge is -2.42. The highest BCUT2D eigenvalue weighted by Gasteiger charge is 2.47. The molecule has 3 unspecified atom stereocenters. The highest BCUT2D eigenvalue weighted by Crippen LogP contribution is 2.42. The van der Waals surface area contributed by atoms with Crippen LogP contribution in [-0.4, -0.2) is 40.0 Å². The maximum atomic E-state index is 13.1. The van der Waals surface area contributed by atoms with Crippen LogP contribution in [0.1, 0.15) is 76.2 Å². The highest BCUT2D eigenvalue weighted by molar-refractivity contribution is 6.03. The molecule has 5 nitrogen and oxygen atoms in total. The molecule has 150 valence electrons. The largest absolute Gasteiger partial charge is 0.351 e. The van der Waals surface area contributed by atoms with Crippen LogP contribution in [0.5, 0.6) is 0 Å². The summed E-state index contributed by atoms with van der Waals surface area (Å²) in [5.74, 6) is -0.333. The van der Waals surface area contributed by atoms with Crippen LogP contribution in [0.3, 0.4) is 0 Å². The third kappa shape index (κ3) is 5.55. The SMILES string of the molecule is CC(=N)C(C(=O)NC(C)(C)C)C(C1CN(C(C)(C)C)N=C1C)C(C)(C)C. The van der Waals surface area contributed by atoms with Crippen molar-refractivity contribution in [2.45, 2.75) is 87.2 Å². The van der Waals surface area contributed by atoms with Crippen LogP contribution in [0.25, 0.3) is 0 Å². The standard InChI is InChI=1S/C21H40N4O/c1-13(22)16(18(26)23-20(6,7)8)17(19(3,4)5)15-12-25(21(9,10)11)24-14(15)2/h15-17,22H,12H2,1-11H3,(H,23,26). The summed E-state index contributed by atoms with van der Waals surface area (Å²) < 4.78 is 0. The third-order valence-corrected chi connectivity index (χ3v) is 5.00. The first-order chi connectivity index (χ1) is 11.4. The molecule has 0 fully saturated rings. The molecule has 0 saturated carbocycles. The van der Waals surface area contributed by atoms with Crippen LogP contribution >= 0.6 is 0 Å². The van der Waals surface area contributed by atoms with Crippen molar-refractivity contribution in [3.8, 4) is 0 Å². The highest BCUT2D eigenvalue weighted by atomic mass is 16.2. The predicted molar refractivity (Wildman–Crippen MR) is 111 cm³/mol. The minimum Gasteiger partial charge on any atom is -0.351 e. The van der Waals surface area contributed by atoms with Gasteiger partial charge in [0.05, 0.1) is 5.92 Å². The Labute approximate surface area is 160 Å². The summed E-state index contributed by atoms with van der Waals surface area (Å²) >= 11 is 0. The van der Waals surface area contributed by atoms with E-state index in [0.717, 1.165) is 12.3 Å². The number of hydrogen-bond acceptors (Lipinski definition) is 4. The lowest BCUT2D eigenvalue weighted by molar-refractivity contribution is -0.127. The number of carbonyl (C=O) groups excluding carboxylic acids is 1. The molecular formula is C21H40N4O. The molecule has 0 aromatic heterocycles. The zero-order valence-corrected chi connectivity index (χ0v) is 18.7. The van der Waals surface area contributed by atoms with E-state index in [1.165, 1.54) is 0 Å². The average Bonchev–Trinajstić information content (AvgIpc) is 2.73. The summed E-state index contributed by atoms with van der Waals surface area (Å²) in [5.41, 5.74) is 0.992. The first-order valence-corrected chi connectivity index (χ1v) is 9.65. The summed E-state index contributed by atoms with van der Waals surface area (Å²) in [6.45, 7) is 23.6. The van der Waals surface area contributed by atoms with Gasteiger partial charge in [0.1, 0.15) is 0 Å². The summed E-state index contributed by atoms with van der Waals surface area (Å²) in [5, 5.41) is 18.4. The Kier molecular flexibility index (Phi) is 6.38. The van der Waals surface area contributed by atoms with Gasteiger partial charge in [-0.25, -0.2) is 0 Å². The molecule has 0 bridgehead atoms. The van der Waals surface area contributed by atoms with Crippen LogP contribution in [-0.2, 0) is 4.79 Å². The van der Waals surface area contributed by atoms with Gasteiger partial charge < -0.3 is 10.7 Å². The Morgan fingerprint density at radius 1 is 1.15 bits per heavy atom. The minimum absolute atomic E-state index is 0.0125. The lowest BCUT2D eigenvalue weighted by Crippen LogP contribution is -2.52. The Hall–Kier alpha value is -1.39. The van der Waals surface area contributed by atoms with E-state index in [2.05, 4.69) is 58.8 Å². The molecule has 26 heavy (non-hydrogen) atoms. The van der Waals surface area contributed by atoms with Crippen molar-refractivity contribution in [1.29, 1.82) is 5.41 Å². The minimum atomic E-state index is -0.454. The Bertz CT molecular complexity index is 572. The Balaban J connectivity index is 3.30. The van der Waals surface area contributed by atoms with Crippen molar-refractivity contribution in [3.05, 3.63) is 0 Å². The Morgan fingerprint density at radius 2 is 1.65 bits per heavy atom. The quantitative estimate of drug-likeness (QED) is 0.729. The van der Waals surface area contributed by atoms with Gasteiger partial charge in [-0.05, 0) is 66.7 Å². The molecule has 1 heterocycles. The van der Waals surface area contributed by atoms with E-state index in [0.29, 0.717) is 5.71 Å². The molecule has 0 aromatic rings. The number of nitrogens with one attached hydrogen (secondary N) is 2. The van der Waals surface area contributed by atoms with Crippen molar-refractivity contribution in [2.75, 3.05) is 6.54 Å². The summed E-state index contributed by atoms with van der Waals surface area (Å²) in [6.07, 6.45) is 0. The maximum absolute atomic E-state index is 13.1. The lowest BCUT2D eigenvalue weighted by atomic mass is 9.64. The molecule has 0 spiro atoms. The van der Waals surface area contributed by atoms with Gasteiger partial charge in [0.25, 0.3) is 0 Å². The van der Waals surface area contributed by atoms with Gasteiger partial charge in [-0.15, -0.1) is 0 Å². The molecule has 0 aliphatic carbocycles. The van der Waals surface area contributed by atoms with E-state index in [-0.39, 0.29) is 34.2 Å². The van der Waals surface area contributed by atoms with Gasteiger partial charge in [0, 0.05) is 35.0 Å². The Morgan fingerprint density at radius 3 is 1.96 bits per heavy atom. The molecule has 2 N–H and O–H groups in total. The molecule has 1 amide bonds. The number of hydrogen-bond donors (Lipinski definition) is 2. The number of rotatable bonds is 4. The third-order valence-electron chi connectivity index (χ3n) is 5.00. The van der Waals surface area contributed by atoms with Crippen molar-refractivity contribution in [1.82, 2.24) is 10.3 Å². The summed E-state index contributed by atoms with van der Waals surface area (Å²) in [4.78, 5) is 13.1. The second kappa shape index (κ2) is 7.32. The molecule has 1 rings (SSSR count). The molecule has 3 atom stereocenters. The predicted octanol–water partition coefficient (Wildman–Crippen LogP) is 4.33. The fourth-order valence-corrected chi connectivity index (χ4v) is 3.83. The fraction of sp³-hybridized carbons (Fsp3) is 0.857. The van der Waals surface area contributed by atoms with E-state index in [1.807, 2.05) is 20.8 Å². The van der Waals surface area contributed by atoms with Gasteiger partial charge in [-0.1, -0.05) is 20.8 Å². The first kappa shape index (κ1) is 22.7. The number of amides is 1. The number of carbonyl (C=O) groups is 1. The van der Waals surface area contributed by atoms with E-state index in [4.69, 9.17) is 10.5 Å². The van der Waals surface area contributed by atoms with Crippen LogP contribution in [0.2, 0.25) is 0 Å². The zero-order chi connectivity index (χ0) is 20.7. The fourth-order valence-electron chi connectivity index (χ4n) is 3.83. The van der Waals surface area contributed by atoms with Gasteiger partial charge in [0.15, 0.2) is 0 Å².